The highest BCUT2D eigenvalue weighted by Crippen LogP contribution is 2.32. The van der Waals surface area contributed by atoms with E-state index in [9.17, 15) is 4.39 Å². The Balaban J connectivity index is 2.06. The van der Waals surface area contributed by atoms with Crippen LogP contribution in [-0.2, 0) is 11.3 Å². The second-order valence-corrected chi connectivity index (χ2v) is 6.58. The summed E-state index contributed by atoms with van der Waals surface area (Å²) in [6.07, 6.45) is 0. The molecule has 0 saturated carbocycles. The number of halogens is 1. The molecule has 2 rings (SSSR count). The van der Waals surface area contributed by atoms with Crippen LogP contribution in [0.25, 0.3) is 0 Å². The minimum Gasteiger partial charge on any atom is -0.383 e. The first kappa shape index (κ1) is 15.4. The van der Waals surface area contributed by atoms with Gasteiger partial charge in [0.25, 0.3) is 0 Å². The van der Waals surface area contributed by atoms with Gasteiger partial charge in [0.05, 0.1) is 6.61 Å². The molecule has 0 aliphatic carbocycles. The van der Waals surface area contributed by atoms with Crippen molar-refractivity contribution in [3.63, 3.8) is 0 Å². The van der Waals surface area contributed by atoms with E-state index in [0.29, 0.717) is 13.2 Å². The average molecular weight is 313 g/mol. The maximum Gasteiger partial charge on any atom is 0.179 e. The van der Waals surface area contributed by atoms with Crippen LogP contribution in [0.5, 0.6) is 0 Å². The lowest BCUT2D eigenvalue weighted by molar-refractivity contribution is 0.199. The molecule has 0 saturated heterocycles. The van der Waals surface area contributed by atoms with Crippen molar-refractivity contribution in [3.8, 4) is 0 Å². The second kappa shape index (κ2) is 7.68. The number of methoxy groups -OCH3 is 1. The summed E-state index contributed by atoms with van der Waals surface area (Å²) in [6, 6.07) is 4.80. The molecular weight excluding hydrogens is 297 g/mol. The van der Waals surface area contributed by atoms with Crippen molar-refractivity contribution in [2.45, 2.75) is 22.7 Å². The highest BCUT2D eigenvalue weighted by Gasteiger charge is 2.09. The van der Waals surface area contributed by atoms with Crippen molar-refractivity contribution in [1.82, 2.24) is 15.5 Å². The van der Waals surface area contributed by atoms with Crippen molar-refractivity contribution in [3.05, 3.63) is 34.6 Å². The Labute approximate surface area is 125 Å². The molecule has 0 amide bonds. The number of hydrogen-bond donors (Lipinski definition) is 1. The molecule has 1 aromatic heterocycles. The average Bonchev–Trinajstić information content (AvgIpc) is 2.83. The van der Waals surface area contributed by atoms with E-state index in [-0.39, 0.29) is 5.82 Å². The molecule has 0 spiro atoms. The predicted octanol–water partition coefficient (Wildman–Crippen LogP) is 2.87. The van der Waals surface area contributed by atoms with Gasteiger partial charge < -0.3 is 10.1 Å². The molecule has 0 aliphatic rings. The van der Waals surface area contributed by atoms with Gasteiger partial charge >= 0.3 is 0 Å². The number of nitrogens with zero attached hydrogens (tertiary/aromatic N) is 2. The predicted molar refractivity (Wildman–Crippen MR) is 78.8 cm³/mol. The number of nitrogens with one attached hydrogen (secondary N) is 1. The van der Waals surface area contributed by atoms with Crippen molar-refractivity contribution in [2.24, 2.45) is 0 Å². The molecule has 0 atom stereocenters. The van der Waals surface area contributed by atoms with E-state index in [2.05, 4.69) is 15.5 Å². The fraction of sp³-hybridized carbons (Fsp3) is 0.385. The van der Waals surface area contributed by atoms with Gasteiger partial charge in [0.1, 0.15) is 10.8 Å². The van der Waals surface area contributed by atoms with Crippen LogP contribution in [-0.4, -0.2) is 30.5 Å². The van der Waals surface area contributed by atoms with Crippen LogP contribution in [0.4, 0.5) is 4.39 Å². The first-order chi connectivity index (χ1) is 9.69. The first-order valence-corrected chi connectivity index (χ1v) is 7.78. The van der Waals surface area contributed by atoms with Crippen molar-refractivity contribution >= 4 is 23.1 Å². The highest BCUT2D eigenvalue weighted by molar-refractivity contribution is 8.01. The Morgan fingerprint density at radius 1 is 1.40 bits per heavy atom. The smallest absolute Gasteiger partial charge is 0.179 e. The number of ether oxygens (including phenoxy) is 1. The van der Waals surface area contributed by atoms with E-state index >= 15 is 0 Å². The summed E-state index contributed by atoms with van der Waals surface area (Å²) in [5.74, 6) is -0.230. The van der Waals surface area contributed by atoms with E-state index in [0.717, 1.165) is 26.4 Å². The third kappa shape index (κ3) is 4.52. The fourth-order valence-corrected chi connectivity index (χ4v) is 3.48. The van der Waals surface area contributed by atoms with Crippen LogP contribution in [0.3, 0.4) is 0 Å². The molecule has 0 fully saturated rings. The third-order valence-corrected chi connectivity index (χ3v) is 4.53. The highest BCUT2D eigenvalue weighted by atomic mass is 32.2. The van der Waals surface area contributed by atoms with E-state index in [1.165, 1.54) is 29.2 Å². The van der Waals surface area contributed by atoms with Gasteiger partial charge in [-0.3, -0.25) is 0 Å². The maximum absolute atomic E-state index is 13.4. The Morgan fingerprint density at radius 2 is 2.25 bits per heavy atom. The number of aryl methyl sites for hydroxylation is 1. The monoisotopic (exact) mass is 313 g/mol. The Morgan fingerprint density at radius 3 is 2.95 bits per heavy atom. The van der Waals surface area contributed by atoms with Crippen molar-refractivity contribution < 1.29 is 9.13 Å². The Kier molecular flexibility index (Phi) is 5.90. The van der Waals surface area contributed by atoms with Crippen LogP contribution < -0.4 is 5.32 Å². The number of hydrogen-bond acceptors (Lipinski definition) is 6. The first-order valence-electron chi connectivity index (χ1n) is 6.15. The minimum absolute atomic E-state index is 0.230. The van der Waals surface area contributed by atoms with Gasteiger partial charge in [-0.2, -0.15) is 0 Å². The van der Waals surface area contributed by atoms with Crippen molar-refractivity contribution in [2.75, 3.05) is 20.3 Å². The van der Waals surface area contributed by atoms with Crippen LogP contribution >= 0.6 is 23.1 Å². The van der Waals surface area contributed by atoms with Gasteiger partial charge in [-0.15, -0.1) is 10.2 Å². The van der Waals surface area contributed by atoms with Crippen molar-refractivity contribution in [1.29, 1.82) is 0 Å². The fourth-order valence-electron chi connectivity index (χ4n) is 1.60. The molecule has 4 nitrogen and oxygen atoms in total. The second-order valence-electron chi connectivity index (χ2n) is 4.11. The molecule has 0 radical (unpaired) electrons. The van der Waals surface area contributed by atoms with Gasteiger partial charge in [0.15, 0.2) is 4.34 Å². The molecule has 0 bridgehead atoms. The number of benzene rings is 1. The third-order valence-electron chi connectivity index (χ3n) is 2.53. The molecule has 1 N–H and O–H groups in total. The minimum atomic E-state index is -0.230. The lowest BCUT2D eigenvalue weighted by atomic mass is 10.2. The van der Waals surface area contributed by atoms with Gasteiger partial charge in [-0.1, -0.05) is 23.1 Å². The normalized spacial score (nSPS) is 10.9. The van der Waals surface area contributed by atoms with Crippen LogP contribution in [0.15, 0.2) is 27.4 Å². The summed E-state index contributed by atoms with van der Waals surface area (Å²) >= 11 is 3.05. The van der Waals surface area contributed by atoms with E-state index < -0.39 is 0 Å². The molecule has 20 heavy (non-hydrogen) atoms. The summed E-state index contributed by atoms with van der Waals surface area (Å²) in [4.78, 5) is 0.993. The molecular formula is C13H16FN3OS2. The Bertz CT molecular complexity index is 562. The summed E-state index contributed by atoms with van der Waals surface area (Å²) in [5, 5.41) is 12.2. The van der Waals surface area contributed by atoms with Gasteiger partial charge in [0.2, 0.25) is 0 Å². The van der Waals surface area contributed by atoms with Gasteiger partial charge in [-0.05, 0) is 30.7 Å². The molecule has 7 heteroatoms. The SMILES string of the molecule is COCCNCc1cc(F)ccc1Sc1nnc(C)s1. The largest absolute Gasteiger partial charge is 0.383 e. The van der Waals surface area contributed by atoms with Crippen LogP contribution in [0, 0.1) is 12.7 Å². The quantitative estimate of drug-likeness (QED) is 0.797. The lowest BCUT2D eigenvalue weighted by Gasteiger charge is -2.09. The summed E-state index contributed by atoms with van der Waals surface area (Å²) in [5.41, 5.74) is 0.916. The van der Waals surface area contributed by atoms with E-state index in [4.69, 9.17) is 4.74 Å². The standard InChI is InChI=1S/C13H16FN3OS2/c1-9-16-17-13(19-9)20-12-4-3-11(14)7-10(12)8-15-5-6-18-2/h3-4,7,15H,5-6,8H2,1-2H3. The van der Waals surface area contributed by atoms with Crippen LogP contribution in [0.2, 0.25) is 0 Å². The topological polar surface area (TPSA) is 47.0 Å². The van der Waals surface area contributed by atoms with E-state index in [1.54, 1.807) is 19.2 Å². The summed E-state index contributed by atoms with van der Waals surface area (Å²) < 4.78 is 19.2. The molecule has 1 aromatic carbocycles. The Hall–Kier alpha value is -1.02. The summed E-state index contributed by atoms with van der Waals surface area (Å²) in [6.45, 7) is 3.88. The number of rotatable bonds is 7. The summed E-state index contributed by atoms with van der Waals surface area (Å²) in [7, 11) is 1.66. The molecule has 108 valence electrons. The van der Waals surface area contributed by atoms with Gasteiger partial charge in [-0.25, -0.2) is 4.39 Å². The number of aromatic nitrogens is 2. The molecule has 0 aliphatic heterocycles. The zero-order valence-electron chi connectivity index (χ0n) is 11.4. The zero-order chi connectivity index (χ0) is 14.4. The maximum atomic E-state index is 13.4. The zero-order valence-corrected chi connectivity index (χ0v) is 13.0. The van der Waals surface area contributed by atoms with Crippen LogP contribution in [0.1, 0.15) is 10.6 Å². The van der Waals surface area contributed by atoms with E-state index in [1.807, 2.05) is 6.92 Å². The lowest BCUT2D eigenvalue weighted by Crippen LogP contribution is -2.19. The molecule has 2 aromatic rings. The van der Waals surface area contributed by atoms with Gasteiger partial charge in [0, 0.05) is 25.1 Å². The molecule has 1 heterocycles. The molecule has 0 unspecified atom stereocenters.